The molecular formula is C15H28N2O. The van der Waals surface area contributed by atoms with Gasteiger partial charge in [0.1, 0.15) is 0 Å². The van der Waals surface area contributed by atoms with E-state index >= 15 is 0 Å². The van der Waals surface area contributed by atoms with Gasteiger partial charge in [-0.2, -0.15) is 0 Å². The summed E-state index contributed by atoms with van der Waals surface area (Å²) in [6.45, 7) is 7.75. The second kappa shape index (κ2) is 5.60. The van der Waals surface area contributed by atoms with E-state index in [1.54, 1.807) is 0 Å². The smallest absolute Gasteiger partial charge is 0.234 e. The fourth-order valence-corrected chi connectivity index (χ4v) is 2.63. The van der Waals surface area contributed by atoms with E-state index in [4.69, 9.17) is 0 Å². The van der Waals surface area contributed by atoms with Crippen molar-refractivity contribution in [3.63, 3.8) is 0 Å². The van der Waals surface area contributed by atoms with Crippen LogP contribution in [-0.2, 0) is 4.79 Å². The molecule has 2 rings (SSSR count). The van der Waals surface area contributed by atoms with Crippen LogP contribution >= 0.6 is 0 Å². The molecule has 0 aromatic rings. The molecule has 0 spiro atoms. The van der Waals surface area contributed by atoms with Crippen molar-refractivity contribution < 1.29 is 4.79 Å². The van der Waals surface area contributed by atoms with E-state index in [-0.39, 0.29) is 11.4 Å². The Morgan fingerprint density at radius 2 is 1.78 bits per heavy atom. The Morgan fingerprint density at radius 3 is 2.22 bits per heavy atom. The van der Waals surface area contributed by atoms with Crippen LogP contribution in [0.3, 0.4) is 0 Å². The van der Waals surface area contributed by atoms with Crippen LogP contribution in [0.1, 0.15) is 52.9 Å². The Morgan fingerprint density at radius 1 is 1.22 bits per heavy atom. The highest BCUT2D eigenvalue weighted by Gasteiger charge is 2.40. The van der Waals surface area contributed by atoms with Crippen molar-refractivity contribution in [1.29, 1.82) is 0 Å². The third-order valence-corrected chi connectivity index (χ3v) is 4.48. The standard InChI is InChI=1S/C15H28N2O/c1-4-15(2,3)17-14(18)10-16-9-13(11-5-6-11)12-7-8-12/h11-13,16H,4-10H2,1-3H3,(H,17,18). The van der Waals surface area contributed by atoms with E-state index in [0.717, 1.165) is 30.7 Å². The second-order valence-corrected chi connectivity index (χ2v) is 6.76. The molecule has 0 aromatic heterocycles. The Balaban J connectivity index is 1.63. The van der Waals surface area contributed by atoms with E-state index < -0.39 is 0 Å². The molecule has 0 radical (unpaired) electrons. The molecule has 0 unspecified atom stereocenters. The van der Waals surface area contributed by atoms with Crippen molar-refractivity contribution in [1.82, 2.24) is 10.6 Å². The Hall–Kier alpha value is -0.570. The molecule has 0 saturated heterocycles. The molecule has 2 N–H and O–H groups in total. The lowest BCUT2D eigenvalue weighted by Crippen LogP contribution is -2.47. The number of nitrogens with one attached hydrogen (secondary N) is 2. The lowest BCUT2D eigenvalue weighted by atomic mass is 9.98. The van der Waals surface area contributed by atoms with Crippen LogP contribution in [-0.4, -0.2) is 24.5 Å². The molecule has 18 heavy (non-hydrogen) atoms. The molecule has 2 fully saturated rings. The number of carbonyl (C=O) groups is 1. The molecule has 0 aliphatic heterocycles. The van der Waals surface area contributed by atoms with Gasteiger partial charge in [-0.15, -0.1) is 0 Å². The first-order valence-corrected chi connectivity index (χ1v) is 7.53. The summed E-state index contributed by atoms with van der Waals surface area (Å²) in [4.78, 5) is 11.8. The molecule has 0 aromatic carbocycles. The minimum atomic E-state index is -0.0782. The first-order valence-electron chi connectivity index (χ1n) is 7.53. The Labute approximate surface area is 111 Å². The van der Waals surface area contributed by atoms with Crippen molar-refractivity contribution in [2.24, 2.45) is 17.8 Å². The average Bonchev–Trinajstić information content (AvgIpc) is 3.15. The normalized spacial score (nSPS) is 20.2. The SMILES string of the molecule is CCC(C)(C)NC(=O)CNCC(C1CC1)C1CC1. The highest BCUT2D eigenvalue weighted by molar-refractivity contribution is 5.78. The van der Waals surface area contributed by atoms with E-state index in [9.17, 15) is 4.79 Å². The quantitative estimate of drug-likeness (QED) is 0.696. The van der Waals surface area contributed by atoms with Crippen LogP contribution in [0.5, 0.6) is 0 Å². The summed E-state index contributed by atoms with van der Waals surface area (Å²) >= 11 is 0. The highest BCUT2D eigenvalue weighted by atomic mass is 16.2. The van der Waals surface area contributed by atoms with E-state index in [1.165, 1.54) is 25.7 Å². The summed E-state index contributed by atoms with van der Waals surface area (Å²) < 4.78 is 0. The zero-order chi connectivity index (χ0) is 13.2. The van der Waals surface area contributed by atoms with Gasteiger partial charge in [0.2, 0.25) is 5.91 Å². The summed E-state index contributed by atoms with van der Waals surface area (Å²) in [7, 11) is 0. The summed E-state index contributed by atoms with van der Waals surface area (Å²) in [6, 6.07) is 0. The molecule has 0 bridgehead atoms. The van der Waals surface area contributed by atoms with Crippen molar-refractivity contribution in [2.75, 3.05) is 13.1 Å². The lowest BCUT2D eigenvalue weighted by Gasteiger charge is -2.25. The van der Waals surface area contributed by atoms with Gasteiger partial charge in [-0.05, 0) is 70.3 Å². The Kier molecular flexibility index (Phi) is 4.31. The summed E-state index contributed by atoms with van der Waals surface area (Å²) in [5.74, 6) is 2.89. The summed E-state index contributed by atoms with van der Waals surface area (Å²) in [5.41, 5.74) is -0.0782. The van der Waals surface area contributed by atoms with Crippen molar-refractivity contribution in [2.45, 2.75) is 58.4 Å². The minimum absolute atomic E-state index is 0.0782. The van der Waals surface area contributed by atoms with Crippen LogP contribution in [0, 0.1) is 17.8 Å². The van der Waals surface area contributed by atoms with Gasteiger partial charge >= 0.3 is 0 Å². The zero-order valence-electron chi connectivity index (χ0n) is 12.1. The largest absolute Gasteiger partial charge is 0.350 e. The third-order valence-electron chi connectivity index (χ3n) is 4.48. The van der Waals surface area contributed by atoms with Crippen LogP contribution in [0.4, 0.5) is 0 Å². The molecule has 0 heterocycles. The maximum absolute atomic E-state index is 11.8. The van der Waals surface area contributed by atoms with Crippen LogP contribution in [0.25, 0.3) is 0 Å². The van der Waals surface area contributed by atoms with Crippen molar-refractivity contribution in [3.05, 3.63) is 0 Å². The molecule has 2 aliphatic rings. The van der Waals surface area contributed by atoms with Gasteiger partial charge in [0, 0.05) is 5.54 Å². The highest BCUT2D eigenvalue weighted by Crippen LogP contribution is 2.48. The maximum Gasteiger partial charge on any atom is 0.234 e. The molecule has 3 heteroatoms. The third kappa shape index (κ3) is 4.27. The van der Waals surface area contributed by atoms with Crippen LogP contribution in [0.2, 0.25) is 0 Å². The van der Waals surface area contributed by atoms with Gasteiger partial charge < -0.3 is 10.6 Å². The minimum Gasteiger partial charge on any atom is -0.350 e. The van der Waals surface area contributed by atoms with Crippen molar-refractivity contribution >= 4 is 5.91 Å². The van der Waals surface area contributed by atoms with Gasteiger partial charge in [-0.1, -0.05) is 6.92 Å². The van der Waals surface area contributed by atoms with Gasteiger partial charge in [0.15, 0.2) is 0 Å². The zero-order valence-corrected chi connectivity index (χ0v) is 12.1. The molecular weight excluding hydrogens is 224 g/mol. The van der Waals surface area contributed by atoms with Gasteiger partial charge in [0.05, 0.1) is 6.54 Å². The van der Waals surface area contributed by atoms with Gasteiger partial charge in [0.25, 0.3) is 0 Å². The van der Waals surface area contributed by atoms with Crippen LogP contribution < -0.4 is 10.6 Å². The van der Waals surface area contributed by atoms with Gasteiger partial charge in [-0.25, -0.2) is 0 Å². The average molecular weight is 252 g/mol. The number of hydrogen-bond acceptors (Lipinski definition) is 2. The maximum atomic E-state index is 11.8. The Bertz CT molecular complexity index is 281. The van der Waals surface area contributed by atoms with E-state index in [1.807, 2.05) is 0 Å². The first-order chi connectivity index (χ1) is 8.52. The molecule has 0 atom stereocenters. The molecule has 1 amide bonds. The topological polar surface area (TPSA) is 41.1 Å². The molecule has 3 nitrogen and oxygen atoms in total. The molecule has 2 aliphatic carbocycles. The van der Waals surface area contributed by atoms with E-state index in [2.05, 4.69) is 31.4 Å². The van der Waals surface area contributed by atoms with E-state index in [0.29, 0.717) is 6.54 Å². The fraction of sp³-hybridized carbons (Fsp3) is 0.933. The fourth-order valence-electron chi connectivity index (χ4n) is 2.63. The molecule has 104 valence electrons. The first kappa shape index (κ1) is 13.9. The van der Waals surface area contributed by atoms with Crippen LogP contribution in [0.15, 0.2) is 0 Å². The second-order valence-electron chi connectivity index (χ2n) is 6.76. The molecule has 2 saturated carbocycles. The lowest BCUT2D eigenvalue weighted by molar-refractivity contribution is -0.121. The number of amides is 1. The van der Waals surface area contributed by atoms with Crippen molar-refractivity contribution in [3.8, 4) is 0 Å². The number of carbonyl (C=O) groups excluding carboxylic acids is 1. The monoisotopic (exact) mass is 252 g/mol. The number of rotatable bonds is 8. The van der Waals surface area contributed by atoms with Gasteiger partial charge in [-0.3, -0.25) is 4.79 Å². The predicted octanol–water partition coefficient (Wildman–Crippen LogP) is 2.32. The predicted molar refractivity (Wildman–Crippen MR) is 74.3 cm³/mol. The summed E-state index contributed by atoms with van der Waals surface area (Å²) in [6.07, 6.45) is 6.62. The summed E-state index contributed by atoms with van der Waals surface area (Å²) in [5, 5.41) is 6.43. The number of hydrogen-bond donors (Lipinski definition) is 2.